The number of ether oxygens (including phenoxy) is 2. The smallest absolute Gasteiger partial charge is 0.188 e. The van der Waals surface area contributed by atoms with Gasteiger partial charge in [0.1, 0.15) is 11.5 Å². The summed E-state index contributed by atoms with van der Waals surface area (Å²) < 4.78 is 10.4. The van der Waals surface area contributed by atoms with E-state index in [9.17, 15) is 5.11 Å². The minimum absolute atomic E-state index is 0.255. The van der Waals surface area contributed by atoms with Crippen LogP contribution in [0.2, 0.25) is 0 Å². The molecule has 0 amide bonds. The molecule has 1 saturated carbocycles. The normalized spacial score (nSPS) is 14.0. The number of phenols is 1. The van der Waals surface area contributed by atoms with Crippen molar-refractivity contribution in [1.82, 2.24) is 0 Å². The first-order chi connectivity index (χ1) is 11.3. The average molecular weight is 310 g/mol. The van der Waals surface area contributed by atoms with Gasteiger partial charge in [-0.05, 0) is 66.6 Å². The second-order valence-electron chi connectivity index (χ2n) is 5.81. The van der Waals surface area contributed by atoms with Gasteiger partial charge < -0.3 is 14.6 Å². The Balaban J connectivity index is 1.96. The molecule has 1 fully saturated rings. The van der Waals surface area contributed by atoms with Gasteiger partial charge in [-0.25, -0.2) is 0 Å². The maximum Gasteiger partial charge on any atom is 0.188 e. The lowest BCUT2D eigenvalue weighted by Gasteiger charge is -2.14. The molecule has 3 rings (SSSR count). The summed E-state index contributed by atoms with van der Waals surface area (Å²) in [5, 5.41) is 9.55. The van der Waals surface area contributed by atoms with Crippen LogP contribution in [-0.2, 0) is 4.74 Å². The van der Waals surface area contributed by atoms with Crippen LogP contribution in [0.5, 0.6) is 11.5 Å². The summed E-state index contributed by atoms with van der Waals surface area (Å²) in [4.78, 5) is 0. The Bertz CT molecular complexity index is 661. The molecule has 3 nitrogen and oxygen atoms in total. The highest BCUT2D eigenvalue weighted by atomic mass is 16.7. The fraction of sp³-hybridized carbons (Fsp3) is 0.300. The minimum atomic E-state index is 0.255. The van der Waals surface area contributed by atoms with Crippen LogP contribution < -0.4 is 4.74 Å². The van der Waals surface area contributed by atoms with Crippen molar-refractivity contribution >= 4 is 5.57 Å². The molecular weight excluding hydrogens is 288 g/mol. The first kappa shape index (κ1) is 15.6. The lowest BCUT2D eigenvalue weighted by molar-refractivity contribution is 0.0511. The SMILES string of the molecule is COCOc1ccc(C(=C2CCCC2)c2ccc(O)cc2)cc1. The molecule has 0 spiro atoms. The third-order valence-corrected chi connectivity index (χ3v) is 4.20. The second-order valence-corrected chi connectivity index (χ2v) is 5.81. The van der Waals surface area contributed by atoms with Gasteiger partial charge >= 0.3 is 0 Å². The van der Waals surface area contributed by atoms with E-state index in [1.165, 1.54) is 29.6 Å². The number of hydrogen-bond donors (Lipinski definition) is 1. The van der Waals surface area contributed by atoms with E-state index in [2.05, 4.69) is 12.1 Å². The van der Waals surface area contributed by atoms with Crippen molar-refractivity contribution in [2.24, 2.45) is 0 Å². The Morgan fingerprint density at radius 2 is 1.48 bits per heavy atom. The molecule has 0 unspecified atom stereocenters. The predicted octanol–water partition coefficient (Wildman–Crippen LogP) is 4.75. The van der Waals surface area contributed by atoms with Crippen LogP contribution in [0.4, 0.5) is 0 Å². The predicted molar refractivity (Wildman–Crippen MR) is 91.5 cm³/mol. The highest BCUT2D eigenvalue weighted by Crippen LogP contribution is 2.36. The Kier molecular flexibility index (Phi) is 4.99. The summed E-state index contributed by atoms with van der Waals surface area (Å²) in [6.07, 6.45) is 4.81. The first-order valence-corrected chi connectivity index (χ1v) is 8.01. The summed E-state index contributed by atoms with van der Waals surface area (Å²) in [5.74, 6) is 1.10. The molecule has 0 aliphatic heterocycles. The van der Waals surface area contributed by atoms with Gasteiger partial charge in [0.25, 0.3) is 0 Å². The molecule has 0 aromatic heterocycles. The third kappa shape index (κ3) is 3.74. The standard InChI is InChI=1S/C20H22O3/c1-22-14-23-19-12-8-17(9-13-19)20(15-4-2-3-5-15)16-6-10-18(21)11-7-16/h6-13,21H,2-5,14H2,1H3. The molecular formula is C20H22O3. The van der Waals surface area contributed by atoms with Crippen molar-refractivity contribution < 1.29 is 14.6 Å². The third-order valence-electron chi connectivity index (χ3n) is 4.20. The highest BCUT2D eigenvalue weighted by Gasteiger charge is 2.16. The van der Waals surface area contributed by atoms with E-state index in [0.29, 0.717) is 5.75 Å². The van der Waals surface area contributed by atoms with E-state index >= 15 is 0 Å². The monoisotopic (exact) mass is 310 g/mol. The largest absolute Gasteiger partial charge is 0.508 e. The fourth-order valence-corrected chi connectivity index (χ4v) is 3.10. The van der Waals surface area contributed by atoms with Crippen LogP contribution in [0.15, 0.2) is 54.1 Å². The van der Waals surface area contributed by atoms with Crippen molar-refractivity contribution in [3.05, 3.63) is 65.2 Å². The summed E-state index contributed by atoms with van der Waals surface area (Å²) in [6.45, 7) is 0.255. The summed E-state index contributed by atoms with van der Waals surface area (Å²) in [7, 11) is 1.61. The topological polar surface area (TPSA) is 38.7 Å². The average Bonchev–Trinajstić information content (AvgIpc) is 3.10. The zero-order valence-corrected chi connectivity index (χ0v) is 13.4. The van der Waals surface area contributed by atoms with E-state index in [4.69, 9.17) is 9.47 Å². The van der Waals surface area contributed by atoms with Gasteiger partial charge in [-0.1, -0.05) is 29.8 Å². The first-order valence-electron chi connectivity index (χ1n) is 8.01. The van der Waals surface area contributed by atoms with E-state index in [-0.39, 0.29) is 6.79 Å². The van der Waals surface area contributed by atoms with Crippen molar-refractivity contribution in [3.63, 3.8) is 0 Å². The summed E-state index contributed by atoms with van der Waals surface area (Å²) >= 11 is 0. The maximum atomic E-state index is 9.55. The molecule has 23 heavy (non-hydrogen) atoms. The van der Waals surface area contributed by atoms with Gasteiger partial charge in [-0.3, -0.25) is 0 Å². The van der Waals surface area contributed by atoms with E-state index < -0.39 is 0 Å². The van der Waals surface area contributed by atoms with Crippen LogP contribution in [0.1, 0.15) is 36.8 Å². The van der Waals surface area contributed by atoms with E-state index in [1.807, 2.05) is 24.3 Å². The number of phenolic OH excluding ortho intramolecular Hbond substituents is 1. The summed E-state index contributed by atoms with van der Waals surface area (Å²) in [6, 6.07) is 15.6. The van der Waals surface area contributed by atoms with Crippen LogP contribution in [0.25, 0.3) is 5.57 Å². The van der Waals surface area contributed by atoms with Gasteiger partial charge in [0.05, 0.1) is 0 Å². The van der Waals surface area contributed by atoms with Gasteiger partial charge in [-0.15, -0.1) is 0 Å². The summed E-state index contributed by atoms with van der Waals surface area (Å²) in [5.41, 5.74) is 5.14. The number of benzene rings is 2. The molecule has 1 aliphatic rings. The number of rotatable bonds is 5. The Labute approximate surface area is 137 Å². The molecule has 0 atom stereocenters. The molecule has 1 N–H and O–H groups in total. The molecule has 120 valence electrons. The molecule has 0 bridgehead atoms. The van der Waals surface area contributed by atoms with Gasteiger partial charge in [0.2, 0.25) is 0 Å². The number of hydrogen-bond acceptors (Lipinski definition) is 3. The van der Waals surface area contributed by atoms with Gasteiger partial charge in [0, 0.05) is 7.11 Å². The Morgan fingerprint density at radius 3 is 2.04 bits per heavy atom. The zero-order valence-electron chi connectivity index (χ0n) is 13.4. The van der Waals surface area contributed by atoms with Crippen molar-refractivity contribution in [2.75, 3.05) is 13.9 Å². The molecule has 3 heteroatoms. The second kappa shape index (κ2) is 7.34. The Hall–Kier alpha value is -2.26. The number of methoxy groups -OCH3 is 1. The minimum Gasteiger partial charge on any atom is -0.508 e. The van der Waals surface area contributed by atoms with Crippen molar-refractivity contribution in [3.8, 4) is 11.5 Å². The van der Waals surface area contributed by atoms with Gasteiger partial charge in [-0.2, -0.15) is 0 Å². The quantitative estimate of drug-likeness (QED) is 0.810. The highest BCUT2D eigenvalue weighted by molar-refractivity contribution is 5.82. The van der Waals surface area contributed by atoms with Crippen LogP contribution in [-0.4, -0.2) is 19.0 Å². The van der Waals surface area contributed by atoms with Crippen LogP contribution in [0.3, 0.4) is 0 Å². The molecule has 0 saturated heterocycles. The van der Waals surface area contributed by atoms with E-state index in [0.717, 1.165) is 24.2 Å². The molecule has 0 radical (unpaired) electrons. The molecule has 0 heterocycles. The van der Waals surface area contributed by atoms with Crippen LogP contribution in [0, 0.1) is 0 Å². The van der Waals surface area contributed by atoms with Crippen molar-refractivity contribution in [1.29, 1.82) is 0 Å². The molecule has 2 aromatic carbocycles. The van der Waals surface area contributed by atoms with Gasteiger partial charge in [0.15, 0.2) is 6.79 Å². The molecule has 2 aromatic rings. The Morgan fingerprint density at radius 1 is 0.913 bits per heavy atom. The van der Waals surface area contributed by atoms with E-state index in [1.54, 1.807) is 19.2 Å². The lowest BCUT2D eigenvalue weighted by Crippen LogP contribution is -1.99. The van der Waals surface area contributed by atoms with Crippen molar-refractivity contribution in [2.45, 2.75) is 25.7 Å². The number of allylic oxidation sites excluding steroid dienone is 1. The zero-order chi connectivity index (χ0) is 16.1. The molecule has 1 aliphatic carbocycles. The number of aromatic hydroxyl groups is 1. The lowest BCUT2D eigenvalue weighted by atomic mass is 9.92. The maximum absolute atomic E-state index is 9.55. The van der Waals surface area contributed by atoms with Crippen LogP contribution >= 0.6 is 0 Å². The fourth-order valence-electron chi connectivity index (χ4n) is 3.10.